The van der Waals surface area contributed by atoms with E-state index in [0.717, 1.165) is 12.1 Å². The van der Waals surface area contributed by atoms with Gasteiger partial charge in [0.1, 0.15) is 4.99 Å². The predicted molar refractivity (Wildman–Crippen MR) is 75.1 cm³/mol. The Kier molecular flexibility index (Phi) is 5.05. The molecule has 3 N–H and O–H groups in total. The van der Waals surface area contributed by atoms with Gasteiger partial charge in [-0.3, -0.25) is 4.90 Å². The molecule has 94 valence electrons. The number of hydrogen-bond donors (Lipinski definition) is 2. The van der Waals surface area contributed by atoms with Gasteiger partial charge in [0.15, 0.2) is 0 Å². The average Bonchev–Trinajstić information content (AvgIpc) is 2.19. The molecule has 0 amide bonds. The molecule has 0 aliphatic heterocycles. The molecule has 1 atom stereocenters. The van der Waals surface area contributed by atoms with Crippen LogP contribution in [0.4, 0.5) is 0 Å². The minimum absolute atomic E-state index is 0.309. The fraction of sp³-hybridized carbons (Fsp3) is 0.462. The van der Waals surface area contributed by atoms with Gasteiger partial charge in [0.05, 0.1) is 6.10 Å². The van der Waals surface area contributed by atoms with E-state index in [1.165, 1.54) is 11.1 Å². The first-order valence-corrected chi connectivity index (χ1v) is 6.07. The van der Waals surface area contributed by atoms with Gasteiger partial charge in [-0.1, -0.05) is 24.4 Å². The third-order valence-electron chi connectivity index (χ3n) is 2.64. The minimum atomic E-state index is -0.309. The number of nitrogens with two attached hydrogens (primary N) is 1. The highest BCUT2D eigenvalue weighted by Gasteiger charge is 2.07. The highest BCUT2D eigenvalue weighted by Crippen LogP contribution is 2.13. The third kappa shape index (κ3) is 4.42. The second kappa shape index (κ2) is 6.10. The van der Waals surface area contributed by atoms with E-state index in [4.69, 9.17) is 18.0 Å². The van der Waals surface area contributed by atoms with Crippen molar-refractivity contribution >= 4 is 17.2 Å². The second-order valence-electron chi connectivity index (χ2n) is 4.55. The van der Waals surface area contributed by atoms with Crippen LogP contribution in [0.2, 0.25) is 0 Å². The van der Waals surface area contributed by atoms with Crippen molar-refractivity contribution in [1.82, 2.24) is 4.90 Å². The van der Waals surface area contributed by atoms with E-state index in [2.05, 4.69) is 4.90 Å². The van der Waals surface area contributed by atoms with Gasteiger partial charge in [0, 0.05) is 18.7 Å². The summed E-state index contributed by atoms with van der Waals surface area (Å²) >= 11 is 4.94. The number of thiocarbonyl (C=S) groups is 1. The summed E-state index contributed by atoms with van der Waals surface area (Å²) in [5.41, 5.74) is 8.89. The normalized spacial score (nSPS) is 12.8. The van der Waals surface area contributed by atoms with Gasteiger partial charge in [-0.15, -0.1) is 0 Å². The van der Waals surface area contributed by atoms with E-state index in [1.54, 1.807) is 6.92 Å². The van der Waals surface area contributed by atoms with Crippen LogP contribution in [0.15, 0.2) is 18.2 Å². The van der Waals surface area contributed by atoms with Crippen molar-refractivity contribution in [3.63, 3.8) is 0 Å². The van der Waals surface area contributed by atoms with E-state index < -0.39 is 0 Å². The molecule has 0 aromatic heterocycles. The lowest BCUT2D eigenvalue weighted by Gasteiger charge is -2.19. The number of aliphatic hydroxyl groups is 1. The van der Waals surface area contributed by atoms with Crippen molar-refractivity contribution in [2.75, 3.05) is 13.6 Å². The largest absolute Gasteiger partial charge is 0.392 e. The molecule has 0 spiro atoms. The van der Waals surface area contributed by atoms with E-state index in [0.29, 0.717) is 11.5 Å². The van der Waals surface area contributed by atoms with Crippen LogP contribution in [0, 0.1) is 6.92 Å². The molecule has 0 radical (unpaired) electrons. The van der Waals surface area contributed by atoms with Gasteiger partial charge in [-0.2, -0.15) is 0 Å². The standard InChI is InChI=1S/C13H20N2OS/c1-9-6-11(13(14)17)4-5-12(9)8-15(3)7-10(2)16/h4-6,10,16H,7-8H2,1-3H3,(H2,14,17). The zero-order valence-corrected chi connectivity index (χ0v) is 11.4. The molecule has 0 bridgehead atoms. The quantitative estimate of drug-likeness (QED) is 0.779. The Morgan fingerprint density at radius 1 is 1.53 bits per heavy atom. The molecular formula is C13H20N2OS. The molecule has 3 nitrogen and oxygen atoms in total. The Hall–Kier alpha value is -0.970. The lowest BCUT2D eigenvalue weighted by molar-refractivity contribution is 0.138. The first-order valence-electron chi connectivity index (χ1n) is 5.66. The molecule has 17 heavy (non-hydrogen) atoms. The van der Waals surface area contributed by atoms with Gasteiger partial charge in [-0.05, 0) is 38.1 Å². The summed E-state index contributed by atoms with van der Waals surface area (Å²) < 4.78 is 0. The maximum absolute atomic E-state index is 9.31. The molecule has 1 rings (SSSR count). The van der Waals surface area contributed by atoms with Crippen molar-refractivity contribution in [2.24, 2.45) is 5.73 Å². The van der Waals surface area contributed by atoms with E-state index >= 15 is 0 Å². The van der Waals surface area contributed by atoms with Gasteiger partial charge in [0.2, 0.25) is 0 Å². The summed E-state index contributed by atoms with van der Waals surface area (Å²) in [6.45, 7) is 5.32. The first kappa shape index (κ1) is 14.1. The molecule has 0 saturated carbocycles. The lowest BCUT2D eigenvalue weighted by atomic mass is 10.0. The van der Waals surface area contributed by atoms with Crippen molar-refractivity contribution < 1.29 is 5.11 Å². The minimum Gasteiger partial charge on any atom is -0.392 e. The van der Waals surface area contributed by atoms with Crippen molar-refractivity contribution in [1.29, 1.82) is 0 Å². The Bertz CT molecular complexity index is 404. The SMILES string of the molecule is Cc1cc(C(N)=S)ccc1CN(C)CC(C)O. The zero-order chi connectivity index (χ0) is 13.0. The molecule has 0 heterocycles. The summed E-state index contributed by atoms with van der Waals surface area (Å²) in [6.07, 6.45) is -0.309. The number of benzene rings is 1. The van der Waals surface area contributed by atoms with Gasteiger partial charge in [-0.25, -0.2) is 0 Å². The van der Waals surface area contributed by atoms with Crippen LogP contribution in [0.5, 0.6) is 0 Å². The fourth-order valence-corrected chi connectivity index (χ4v) is 1.96. The van der Waals surface area contributed by atoms with Gasteiger partial charge in [0.25, 0.3) is 0 Å². The number of aliphatic hydroxyl groups excluding tert-OH is 1. The summed E-state index contributed by atoms with van der Waals surface area (Å²) in [4.78, 5) is 2.52. The summed E-state index contributed by atoms with van der Waals surface area (Å²) in [5, 5.41) is 9.31. The van der Waals surface area contributed by atoms with Gasteiger partial charge < -0.3 is 10.8 Å². The highest BCUT2D eigenvalue weighted by atomic mass is 32.1. The highest BCUT2D eigenvalue weighted by molar-refractivity contribution is 7.80. The molecule has 0 fully saturated rings. The Labute approximate surface area is 108 Å². The summed E-state index contributed by atoms with van der Waals surface area (Å²) in [6, 6.07) is 6.00. The van der Waals surface area contributed by atoms with Crippen LogP contribution in [0.1, 0.15) is 23.6 Å². The third-order valence-corrected chi connectivity index (χ3v) is 2.88. The molecule has 1 aromatic carbocycles. The molecule has 1 aromatic rings. The molecule has 0 saturated heterocycles. The van der Waals surface area contributed by atoms with Crippen LogP contribution in [0.3, 0.4) is 0 Å². The Balaban J connectivity index is 2.75. The number of aryl methyl sites for hydroxylation is 1. The topological polar surface area (TPSA) is 49.5 Å². The van der Waals surface area contributed by atoms with Gasteiger partial charge >= 0.3 is 0 Å². The predicted octanol–water partition coefficient (Wildman–Crippen LogP) is 1.44. The maximum Gasteiger partial charge on any atom is 0.103 e. The number of rotatable bonds is 5. The van der Waals surface area contributed by atoms with Crippen molar-refractivity contribution in [3.05, 3.63) is 34.9 Å². The van der Waals surface area contributed by atoms with Crippen LogP contribution in [-0.2, 0) is 6.54 Å². The maximum atomic E-state index is 9.31. The van der Waals surface area contributed by atoms with E-state index in [1.807, 2.05) is 32.2 Å². The molecule has 4 heteroatoms. The average molecular weight is 252 g/mol. The number of likely N-dealkylation sites (N-methyl/N-ethyl adjacent to an activating group) is 1. The smallest absolute Gasteiger partial charge is 0.103 e. The summed E-state index contributed by atoms with van der Waals surface area (Å²) in [7, 11) is 1.99. The number of hydrogen-bond acceptors (Lipinski definition) is 3. The van der Waals surface area contributed by atoms with E-state index in [-0.39, 0.29) is 6.10 Å². The molecular weight excluding hydrogens is 232 g/mol. The van der Waals surface area contributed by atoms with Crippen LogP contribution in [-0.4, -0.2) is 34.7 Å². The van der Waals surface area contributed by atoms with Crippen LogP contribution in [0.25, 0.3) is 0 Å². The van der Waals surface area contributed by atoms with Crippen LogP contribution < -0.4 is 5.73 Å². The lowest BCUT2D eigenvalue weighted by Crippen LogP contribution is -2.27. The molecule has 0 aliphatic carbocycles. The fourth-order valence-electron chi connectivity index (χ4n) is 1.83. The second-order valence-corrected chi connectivity index (χ2v) is 4.99. The van der Waals surface area contributed by atoms with E-state index in [9.17, 15) is 5.11 Å². The van der Waals surface area contributed by atoms with Crippen LogP contribution >= 0.6 is 12.2 Å². The van der Waals surface area contributed by atoms with Crippen molar-refractivity contribution in [2.45, 2.75) is 26.5 Å². The molecule has 1 unspecified atom stereocenters. The first-order chi connectivity index (χ1) is 7.90. The number of nitrogens with zero attached hydrogens (tertiary/aromatic N) is 1. The monoisotopic (exact) mass is 252 g/mol. The zero-order valence-electron chi connectivity index (χ0n) is 10.6. The Morgan fingerprint density at radius 2 is 2.18 bits per heavy atom. The summed E-state index contributed by atoms with van der Waals surface area (Å²) in [5.74, 6) is 0. The molecule has 0 aliphatic rings. The Morgan fingerprint density at radius 3 is 2.65 bits per heavy atom. The van der Waals surface area contributed by atoms with Crippen molar-refractivity contribution in [3.8, 4) is 0 Å².